The maximum atomic E-state index is 13.7. The van der Waals surface area contributed by atoms with Crippen LogP contribution in [-0.4, -0.2) is 32.0 Å². The standard InChI is InChI=1S/C17H15ClFN7/c1-8(23-16-13-15(22-7-21-13)25-17(19)26-16)10-6-9-4-3-5-11(18)12(9)24-14(10)20-2/h3-8H,1-2H3,(H,20,24)(H2,21,22,23,25,26)/t8-/m0/s1. The molecule has 0 saturated carbocycles. The predicted molar refractivity (Wildman–Crippen MR) is 100.0 cm³/mol. The Morgan fingerprint density at radius 1 is 1.15 bits per heavy atom. The number of pyridine rings is 1. The van der Waals surface area contributed by atoms with Gasteiger partial charge in [0.05, 0.1) is 22.9 Å². The third kappa shape index (κ3) is 2.78. The van der Waals surface area contributed by atoms with E-state index in [2.05, 4.69) is 35.6 Å². The largest absolute Gasteiger partial charge is 0.373 e. The van der Waals surface area contributed by atoms with Crippen LogP contribution in [0.15, 0.2) is 30.6 Å². The molecule has 3 aromatic heterocycles. The van der Waals surface area contributed by atoms with Crippen LogP contribution in [0, 0.1) is 6.08 Å². The normalized spacial score (nSPS) is 12.5. The Labute approximate surface area is 153 Å². The summed E-state index contributed by atoms with van der Waals surface area (Å²) in [5, 5.41) is 7.78. The third-order valence-corrected chi connectivity index (χ3v) is 4.44. The van der Waals surface area contributed by atoms with Gasteiger partial charge in [-0.15, -0.1) is 0 Å². The maximum absolute atomic E-state index is 13.7. The minimum atomic E-state index is -0.825. The highest BCUT2D eigenvalue weighted by Crippen LogP contribution is 2.31. The summed E-state index contributed by atoms with van der Waals surface area (Å²) in [7, 11) is 1.79. The number of halogens is 2. The summed E-state index contributed by atoms with van der Waals surface area (Å²) in [5.74, 6) is 0.993. The van der Waals surface area contributed by atoms with Crippen LogP contribution in [0.4, 0.5) is 16.0 Å². The first-order valence-electron chi connectivity index (χ1n) is 7.97. The van der Waals surface area contributed by atoms with E-state index in [9.17, 15) is 4.39 Å². The van der Waals surface area contributed by atoms with Crippen molar-refractivity contribution in [3.05, 3.63) is 47.3 Å². The zero-order valence-corrected chi connectivity index (χ0v) is 14.8. The smallest absolute Gasteiger partial charge is 0.312 e. The van der Waals surface area contributed by atoms with E-state index >= 15 is 0 Å². The highest BCUT2D eigenvalue weighted by atomic mass is 35.5. The average molecular weight is 372 g/mol. The summed E-state index contributed by atoms with van der Waals surface area (Å²) in [6.45, 7) is 1.94. The predicted octanol–water partition coefficient (Wildman–Crippen LogP) is 3.91. The van der Waals surface area contributed by atoms with Gasteiger partial charge in [-0.3, -0.25) is 0 Å². The van der Waals surface area contributed by atoms with Crippen molar-refractivity contribution in [2.75, 3.05) is 17.7 Å². The van der Waals surface area contributed by atoms with Gasteiger partial charge in [-0.2, -0.15) is 14.4 Å². The highest BCUT2D eigenvalue weighted by molar-refractivity contribution is 6.35. The lowest BCUT2D eigenvalue weighted by molar-refractivity contribution is 0.544. The van der Waals surface area contributed by atoms with Gasteiger partial charge in [0, 0.05) is 18.0 Å². The fourth-order valence-corrected chi connectivity index (χ4v) is 3.13. The number of imidazole rings is 1. The Kier molecular flexibility index (Phi) is 4.04. The van der Waals surface area contributed by atoms with Crippen molar-refractivity contribution in [2.24, 2.45) is 0 Å². The lowest BCUT2D eigenvalue weighted by Gasteiger charge is -2.19. The molecule has 1 aromatic carbocycles. The van der Waals surface area contributed by atoms with E-state index in [1.54, 1.807) is 13.1 Å². The van der Waals surface area contributed by atoms with E-state index in [-0.39, 0.29) is 6.04 Å². The fourth-order valence-electron chi connectivity index (χ4n) is 2.90. The Morgan fingerprint density at radius 2 is 2.00 bits per heavy atom. The van der Waals surface area contributed by atoms with E-state index in [4.69, 9.17) is 11.6 Å². The number of nitrogens with one attached hydrogen (secondary N) is 3. The van der Waals surface area contributed by atoms with Gasteiger partial charge in [0.2, 0.25) is 0 Å². The van der Waals surface area contributed by atoms with Crippen LogP contribution < -0.4 is 10.6 Å². The summed E-state index contributed by atoms with van der Waals surface area (Å²) in [6.07, 6.45) is 0.626. The topological polar surface area (TPSA) is 91.4 Å². The number of benzene rings is 1. The molecule has 26 heavy (non-hydrogen) atoms. The third-order valence-electron chi connectivity index (χ3n) is 4.13. The molecule has 0 saturated heterocycles. The number of anilines is 2. The van der Waals surface area contributed by atoms with Crippen LogP contribution in [0.3, 0.4) is 0 Å². The van der Waals surface area contributed by atoms with Crippen LogP contribution in [0.5, 0.6) is 0 Å². The Balaban J connectivity index is 1.78. The second-order valence-electron chi connectivity index (χ2n) is 5.79. The second kappa shape index (κ2) is 6.38. The lowest BCUT2D eigenvalue weighted by atomic mass is 10.1. The molecule has 4 aromatic rings. The zero-order chi connectivity index (χ0) is 18.3. The molecule has 4 rings (SSSR count). The number of para-hydroxylation sites is 1. The molecule has 0 aliphatic rings. The van der Waals surface area contributed by atoms with Crippen LogP contribution in [0.25, 0.3) is 22.1 Å². The maximum Gasteiger partial charge on any atom is 0.312 e. The molecule has 0 bridgehead atoms. The number of hydrogen-bond acceptors (Lipinski definition) is 6. The monoisotopic (exact) mass is 371 g/mol. The van der Waals surface area contributed by atoms with Gasteiger partial charge in [0.1, 0.15) is 11.3 Å². The van der Waals surface area contributed by atoms with Crippen molar-refractivity contribution in [1.82, 2.24) is 24.9 Å². The van der Waals surface area contributed by atoms with Crippen molar-refractivity contribution in [3.8, 4) is 0 Å². The Bertz CT molecular complexity index is 1110. The second-order valence-corrected chi connectivity index (χ2v) is 6.20. The summed E-state index contributed by atoms with van der Waals surface area (Å²) in [6, 6.07) is 7.40. The van der Waals surface area contributed by atoms with E-state index < -0.39 is 6.08 Å². The molecule has 9 heteroatoms. The number of rotatable bonds is 4. The van der Waals surface area contributed by atoms with Crippen molar-refractivity contribution in [1.29, 1.82) is 0 Å². The SMILES string of the molecule is CNc1nc2c(Cl)cccc2cc1[C@H](C)Nc1nc(F)nc2[nH]cnc12. The summed E-state index contributed by atoms with van der Waals surface area (Å²) < 4.78 is 13.7. The molecule has 132 valence electrons. The fraction of sp³-hybridized carbons (Fsp3) is 0.176. The molecular weight excluding hydrogens is 357 g/mol. The van der Waals surface area contributed by atoms with Crippen molar-refractivity contribution in [3.63, 3.8) is 0 Å². The molecule has 0 spiro atoms. The van der Waals surface area contributed by atoms with Crippen molar-refractivity contribution in [2.45, 2.75) is 13.0 Å². The molecular formula is C17H15ClFN7. The van der Waals surface area contributed by atoms with Gasteiger partial charge in [0.15, 0.2) is 11.5 Å². The van der Waals surface area contributed by atoms with E-state index in [1.807, 2.05) is 25.1 Å². The molecule has 0 aliphatic heterocycles. The van der Waals surface area contributed by atoms with Gasteiger partial charge in [-0.25, -0.2) is 9.97 Å². The van der Waals surface area contributed by atoms with E-state index in [1.165, 1.54) is 6.33 Å². The van der Waals surface area contributed by atoms with Crippen LogP contribution in [-0.2, 0) is 0 Å². The molecule has 0 fully saturated rings. The highest BCUT2D eigenvalue weighted by Gasteiger charge is 2.17. The first kappa shape index (κ1) is 16.5. The van der Waals surface area contributed by atoms with Gasteiger partial charge < -0.3 is 15.6 Å². The van der Waals surface area contributed by atoms with Gasteiger partial charge >= 0.3 is 6.08 Å². The Morgan fingerprint density at radius 3 is 2.81 bits per heavy atom. The van der Waals surface area contributed by atoms with Crippen LogP contribution >= 0.6 is 11.6 Å². The first-order chi connectivity index (χ1) is 12.6. The van der Waals surface area contributed by atoms with Crippen molar-refractivity contribution >= 4 is 45.3 Å². The summed E-state index contributed by atoms with van der Waals surface area (Å²) in [4.78, 5) is 19.1. The van der Waals surface area contributed by atoms with E-state index in [0.29, 0.717) is 27.8 Å². The molecule has 3 N–H and O–H groups in total. The zero-order valence-electron chi connectivity index (χ0n) is 14.0. The Hall–Kier alpha value is -3.00. The minimum absolute atomic E-state index is 0.220. The van der Waals surface area contributed by atoms with Gasteiger partial charge in [-0.05, 0) is 19.1 Å². The minimum Gasteiger partial charge on any atom is -0.373 e. The number of aromatic nitrogens is 5. The quantitative estimate of drug-likeness (QED) is 0.471. The number of fused-ring (bicyclic) bond motifs is 2. The average Bonchev–Trinajstić information content (AvgIpc) is 3.09. The number of aromatic amines is 1. The van der Waals surface area contributed by atoms with Gasteiger partial charge in [0.25, 0.3) is 0 Å². The molecule has 1 atom stereocenters. The molecule has 7 nitrogen and oxygen atoms in total. The molecule has 0 unspecified atom stereocenters. The molecule has 0 amide bonds. The summed E-state index contributed by atoms with van der Waals surface area (Å²) >= 11 is 6.24. The summed E-state index contributed by atoms with van der Waals surface area (Å²) in [5.41, 5.74) is 2.42. The number of H-pyrrole nitrogens is 1. The van der Waals surface area contributed by atoms with Crippen molar-refractivity contribution < 1.29 is 4.39 Å². The molecule has 0 radical (unpaired) electrons. The van der Waals surface area contributed by atoms with Crippen LogP contribution in [0.1, 0.15) is 18.5 Å². The van der Waals surface area contributed by atoms with E-state index in [0.717, 1.165) is 16.5 Å². The molecule has 0 aliphatic carbocycles. The lowest BCUT2D eigenvalue weighted by Crippen LogP contribution is -2.12. The number of hydrogen-bond donors (Lipinski definition) is 3. The van der Waals surface area contributed by atoms with Crippen LogP contribution in [0.2, 0.25) is 5.02 Å². The number of nitrogens with zero attached hydrogens (tertiary/aromatic N) is 4. The molecule has 3 heterocycles. The first-order valence-corrected chi connectivity index (χ1v) is 8.34. The van der Waals surface area contributed by atoms with Gasteiger partial charge in [-0.1, -0.05) is 23.7 Å².